The van der Waals surface area contributed by atoms with E-state index in [0.717, 1.165) is 30.2 Å². The topological polar surface area (TPSA) is 38.5 Å². The van der Waals surface area contributed by atoms with Crippen molar-refractivity contribution in [2.75, 3.05) is 30.8 Å². The molecule has 0 radical (unpaired) electrons. The highest BCUT2D eigenvalue weighted by Gasteiger charge is 2.25. The third-order valence-corrected chi connectivity index (χ3v) is 4.03. The fourth-order valence-corrected chi connectivity index (χ4v) is 2.92. The predicted molar refractivity (Wildman–Crippen MR) is 83.4 cm³/mol. The highest BCUT2D eigenvalue weighted by Crippen LogP contribution is 2.34. The maximum atomic E-state index is 6.14. The van der Waals surface area contributed by atoms with Crippen LogP contribution in [0.3, 0.4) is 0 Å². The third kappa shape index (κ3) is 2.44. The Morgan fingerprint density at radius 3 is 2.65 bits per heavy atom. The van der Waals surface area contributed by atoms with Crippen molar-refractivity contribution in [3.63, 3.8) is 0 Å². The second kappa shape index (κ2) is 5.45. The molecule has 1 atom stereocenters. The minimum absolute atomic E-state index is 0.595. The SMILES string of the molecule is COc1ccc(N2CCC(c3ccccc3)C2)c(N)c1. The van der Waals surface area contributed by atoms with Gasteiger partial charge in [-0.3, -0.25) is 0 Å². The standard InChI is InChI=1S/C17H20N2O/c1-20-15-7-8-17(16(18)11-15)19-10-9-14(12-19)13-5-3-2-4-6-13/h2-8,11,14H,9-10,12,18H2,1H3. The number of hydrogen-bond donors (Lipinski definition) is 1. The van der Waals surface area contributed by atoms with Crippen molar-refractivity contribution in [3.05, 3.63) is 54.1 Å². The van der Waals surface area contributed by atoms with E-state index < -0.39 is 0 Å². The molecule has 1 aliphatic rings. The van der Waals surface area contributed by atoms with Gasteiger partial charge in [-0.15, -0.1) is 0 Å². The molecule has 0 aliphatic carbocycles. The van der Waals surface area contributed by atoms with Crippen LogP contribution in [0.15, 0.2) is 48.5 Å². The van der Waals surface area contributed by atoms with Gasteiger partial charge in [0.25, 0.3) is 0 Å². The summed E-state index contributed by atoms with van der Waals surface area (Å²) in [7, 11) is 1.66. The largest absolute Gasteiger partial charge is 0.497 e. The van der Waals surface area contributed by atoms with Crippen LogP contribution in [0.5, 0.6) is 5.75 Å². The Morgan fingerprint density at radius 2 is 1.95 bits per heavy atom. The zero-order valence-electron chi connectivity index (χ0n) is 11.8. The van der Waals surface area contributed by atoms with E-state index in [1.54, 1.807) is 7.11 Å². The fraction of sp³-hybridized carbons (Fsp3) is 0.294. The van der Waals surface area contributed by atoms with E-state index in [1.165, 1.54) is 12.0 Å². The summed E-state index contributed by atoms with van der Waals surface area (Å²) in [5.41, 5.74) is 9.46. The quantitative estimate of drug-likeness (QED) is 0.868. The number of ether oxygens (including phenoxy) is 1. The van der Waals surface area contributed by atoms with Crippen molar-refractivity contribution in [1.82, 2.24) is 0 Å². The molecule has 0 amide bonds. The van der Waals surface area contributed by atoms with Crippen LogP contribution in [0.25, 0.3) is 0 Å². The van der Waals surface area contributed by atoms with E-state index in [-0.39, 0.29) is 0 Å². The summed E-state index contributed by atoms with van der Waals surface area (Å²) >= 11 is 0. The minimum atomic E-state index is 0.595. The van der Waals surface area contributed by atoms with Crippen molar-refractivity contribution in [2.24, 2.45) is 0 Å². The van der Waals surface area contributed by atoms with Crippen molar-refractivity contribution in [1.29, 1.82) is 0 Å². The number of nitrogens with zero attached hydrogens (tertiary/aromatic N) is 1. The third-order valence-electron chi connectivity index (χ3n) is 4.03. The summed E-state index contributed by atoms with van der Waals surface area (Å²) in [4.78, 5) is 2.37. The molecule has 104 valence electrons. The van der Waals surface area contributed by atoms with E-state index >= 15 is 0 Å². The lowest BCUT2D eigenvalue weighted by molar-refractivity contribution is 0.415. The molecular weight excluding hydrogens is 248 g/mol. The van der Waals surface area contributed by atoms with Gasteiger partial charge in [0.1, 0.15) is 5.75 Å². The summed E-state index contributed by atoms with van der Waals surface area (Å²) in [6.07, 6.45) is 1.18. The molecule has 1 heterocycles. The highest BCUT2D eigenvalue weighted by molar-refractivity contribution is 5.70. The molecule has 20 heavy (non-hydrogen) atoms. The van der Waals surface area contributed by atoms with E-state index in [4.69, 9.17) is 10.5 Å². The molecular formula is C17H20N2O. The Bertz CT molecular complexity index is 583. The normalized spacial score (nSPS) is 18.2. The Balaban J connectivity index is 1.77. The van der Waals surface area contributed by atoms with Crippen molar-refractivity contribution < 1.29 is 4.74 Å². The number of anilines is 2. The van der Waals surface area contributed by atoms with Crippen LogP contribution in [0.2, 0.25) is 0 Å². The Morgan fingerprint density at radius 1 is 1.15 bits per heavy atom. The summed E-state index contributed by atoms with van der Waals surface area (Å²) < 4.78 is 5.20. The summed E-state index contributed by atoms with van der Waals surface area (Å²) in [6, 6.07) is 16.6. The van der Waals surface area contributed by atoms with Gasteiger partial charge in [-0.2, -0.15) is 0 Å². The summed E-state index contributed by atoms with van der Waals surface area (Å²) in [5, 5.41) is 0. The lowest BCUT2D eigenvalue weighted by Crippen LogP contribution is -2.20. The molecule has 3 rings (SSSR count). The van der Waals surface area contributed by atoms with Crippen LogP contribution in [0.4, 0.5) is 11.4 Å². The van der Waals surface area contributed by atoms with Gasteiger partial charge in [0.2, 0.25) is 0 Å². The molecule has 2 N–H and O–H groups in total. The molecule has 1 saturated heterocycles. The predicted octanol–water partition coefficient (Wildman–Crippen LogP) is 3.27. The maximum absolute atomic E-state index is 6.14. The van der Waals surface area contributed by atoms with E-state index in [9.17, 15) is 0 Å². The van der Waals surface area contributed by atoms with E-state index in [2.05, 4.69) is 41.3 Å². The molecule has 3 nitrogen and oxygen atoms in total. The first-order valence-corrected chi connectivity index (χ1v) is 7.01. The van der Waals surface area contributed by atoms with Crippen molar-refractivity contribution in [2.45, 2.75) is 12.3 Å². The first-order valence-electron chi connectivity index (χ1n) is 7.01. The minimum Gasteiger partial charge on any atom is -0.497 e. The van der Waals surface area contributed by atoms with Gasteiger partial charge in [0, 0.05) is 25.1 Å². The number of rotatable bonds is 3. The molecule has 0 bridgehead atoms. The first-order chi connectivity index (χ1) is 9.78. The second-order valence-corrected chi connectivity index (χ2v) is 5.27. The number of nitrogens with two attached hydrogens (primary N) is 1. The Labute approximate surface area is 120 Å². The van der Waals surface area contributed by atoms with Crippen LogP contribution >= 0.6 is 0 Å². The summed E-state index contributed by atoms with van der Waals surface area (Å²) in [5.74, 6) is 1.41. The highest BCUT2D eigenvalue weighted by atomic mass is 16.5. The average molecular weight is 268 g/mol. The molecule has 1 fully saturated rings. The maximum Gasteiger partial charge on any atom is 0.121 e. The van der Waals surface area contributed by atoms with Crippen molar-refractivity contribution in [3.8, 4) is 5.75 Å². The molecule has 2 aromatic rings. The molecule has 0 saturated carbocycles. The van der Waals surface area contributed by atoms with Gasteiger partial charge in [-0.25, -0.2) is 0 Å². The average Bonchev–Trinajstić information content (AvgIpc) is 2.97. The Hall–Kier alpha value is -2.16. The van der Waals surface area contributed by atoms with E-state index in [1.807, 2.05) is 12.1 Å². The van der Waals surface area contributed by atoms with Crippen LogP contribution in [0, 0.1) is 0 Å². The van der Waals surface area contributed by atoms with Crippen molar-refractivity contribution >= 4 is 11.4 Å². The van der Waals surface area contributed by atoms with Gasteiger partial charge in [0.15, 0.2) is 0 Å². The van der Waals surface area contributed by atoms with Crippen LogP contribution in [-0.2, 0) is 0 Å². The van der Waals surface area contributed by atoms with Crippen LogP contribution < -0.4 is 15.4 Å². The number of benzene rings is 2. The molecule has 1 unspecified atom stereocenters. The monoisotopic (exact) mass is 268 g/mol. The zero-order chi connectivity index (χ0) is 13.9. The second-order valence-electron chi connectivity index (χ2n) is 5.27. The molecule has 0 aromatic heterocycles. The Kier molecular flexibility index (Phi) is 3.50. The lowest BCUT2D eigenvalue weighted by Gasteiger charge is -2.21. The fourth-order valence-electron chi connectivity index (χ4n) is 2.92. The van der Waals surface area contributed by atoms with Gasteiger partial charge in [-0.1, -0.05) is 30.3 Å². The van der Waals surface area contributed by atoms with E-state index in [0.29, 0.717) is 5.92 Å². The lowest BCUT2D eigenvalue weighted by atomic mass is 9.99. The summed E-state index contributed by atoms with van der Waals surface area (Å²) in [6.45, 7) is 2.08. The van der Waals surface area contributed by atoms with Crippen LogP contribution in [-0.4, -0.2) is 20.2 Å². The van der Waals surface area contributed by atoms with Gasteiger partial charge < -0.3 is 15.4 Å². The van der Waals surface area contributed by atoms with Gasteiger partial charge >= 0.3 is 0 Å². The van der Waals surface area contributed by atoms with Crippen LogP contribution in [0.1, 0.15) is 17.9 Å². The zero-order valence-corrected chi connectivity index (χ0v) is 11.8. The van der Waals surface area contributed by atoms with Gasteiger partial charge in [0.05, 0.1) is 18.5 Å². The molecule has 1 aliphatic heterocycles. The number of hydrogen-bond acceptors (Lipinski definition) is 3. The molecule has 2 aromatic carbocycles. The smallest absolute Gasteiger partial charge is 0.121 e. The molecule has 3 heteroatoms. The number of nitrogen functional groups attached to an aromatic ring is 1. The molecule has 0 spiro atoms. The first kappa shape index (κ1) is 12.9. The number of methoxy groups -OCH3 is 1. The van der Waals surface area contributed by atoms with Gasteiger partial charge in [-0.05, 0) is 24.1 Å².